The molecule has 0 saturated heterocycles. The van der Waals surface area contributed by atoms with E-state index in [0.717, 1.165) is 16.8 Å². The highest BCUT2D eigenvalue weighted by Gasteiger charge is 2.19. The largest absolute Gasteiger partial charge is 0.355 e. The Labute approximate surface area is 151 Å². The number of benzene rings is 3. The number of aromatic nitrogens is 3. The van der Waals surface area contributed by atoms with Crippen LogP contribution in [-0.2, 0) is 0 Å². The quantitative estimate of drug-likeness (QED) is 0.547. The lowest BCUT2D eigenvalue weighted by Crippen LogP contribution is -2.23. The maximum atomic E-state index is 14.2. The van der Waals surface area contributed by atoms with Gasteiger partial charge in [-0.3, -0.25) is 0 Å². The third kappa shape index (κ3) is 3.03. The molecule has 1 aromatic heterocycles. The van der Waals surface area contributed by atoms with Gasteiger partial charge < -0.3 is 0 Å². The Kier molecular flexibility index (Phi) is 4.12. The fourth-order valence-corrected chi connectivity index (χ4v) is 2.77. The summed E-state index contributed by atoms with van der Waals surface area (Å²) in [5.41, 5.74) is 0.139. The molecule has 0 N–H and O–H groups in total. The van der Waals surface area contributed by atoms with E-state index in [2.05, 4.69) is 5.10 Å². The summed E-state index contributed by atoms with van der Waals surface area (Å²) in [6.45, 7) is 0. The average molecular weight is 367 g/mol. The van der Waals surface area contributed by atoms with Gasteiger partial charge in [0.1, 0.15) is 17.3 Å². The Hall–Kier alpha value is -3.61. The maximum Gasteiger partial charge on any atom is 0.355 e. The maximum absolute atomic E-state index is 14.2. The summed E-state index contributed by atoms with van der Waals surface area (Å²) in [5, 5.41) is 4.25. The summed E-state index contributed by atoms with van der Waals surface area (Å²) >= 11 is 0. The minimum atomic E-state index is -0.916. The van der Waals surface area contributed by atoms with Crippen LogP contribution in [0.4, 0.5) is 13.2 Å². The predicted molar refractivity (Wildman–Crippen MR) is 94.5 cm³/mol. The molecule has 0 unspecified atom stereocenters. The van der Waals surface area contributed by atoms with Gasteiger partial charge in [0.2, 0.25) is 0 Å². The van der Waals surface area contributed by atoms with Crippen LogP contribution in [-0.4, -0.2) is 14.3 Å². The smallest absolute Gasteiger partial charge is 0.245 e. The van der Waals surface area contributed by atoms with E-state index in [-0.39, 0.29) is 11.5 Å². The lowest BCUT2D eigenvalue weighted by molar-refractivity contribution is 0.572. The SMILES string of the molecule is O=c1n(-c2ccc(F)cc2F)nc(-c2ccccc2)n1-c1ccc(F)cc1. The summed E-state index contributed by atoms with van der Waals surface area (Å²) < 4.78 is 42.8. The molecular formula is C20H12F3N3O. The van der Waals surface area contributed by atoms with Crippen molar-refractivity contribution in [1.82, 2.24) is 14.3 Å². The van der Waals surface area contributed by atoms with Crippen molar-refractivity contribution in [3.05, 3.63) is 101 Å². The lowest BCUT2D eigenvalue weighted by atomic mass is 10.2. The summed E-state index contributed by atoms with van der Waals surface area (Å²) in [4.78, 5) is 13.0. The van der Waals surface area contributed by atoms with Gasteiger partial charge in [-0.15, -0.1) is 5.10 Å². The second-order valence-electron chi connectivity index (χ2n) is 5.79. The van der Waals surface area contributed by atoms with Gasteiger partial charge in [0.15, 0.2) is 11.6 Å². The van der Waals surface area contributed by atoms with E-state index >= 15 is 0 Å². The average Bonchev–Trinajstić information content (AvgIpc) is 3.00. The second kappa shape index (κ2) is 6.60. The summed E-state index contributed by atoms with van der Waals surface area (Å²) in [5.74, 6) is -1.88. The summed E-state index contributed by atoms with van der Waals surface area (Å²) in [6, 6.07) is 17.0. The molecule has 0 bridgehead atoms. The van der Waals surface area contributed by atoms with Crippen LogP contribution >= 0.6 is 0 Å². The van der Waals surface area contributed by atoms with Gasteiger partial charge in [0.05, 0.1) is 5.69 Å². The van der Waals surface area contributed by atoms with E-state index in [1.54, 1.807) is 30.3 Å². The third-order valence-corrected chi connectivity index (χ3v) is 4.03. The molecule has 0 fully saturated rings. The fraction of sp³-hybridized carbons (Fsp3) is 0. The molecule has 0 aliphatic rings. The first-order valence-corrected chi connectivity index (χ1v) is 8.03. The summed E-state index contributed by atoms with van der Waals surface area (Å²) in [6.07, 6.45) is 0. The van der Waals surface area contributed by atoms with Crippen LogP contribution in [0.1, 0.15) is 0 Å². The van der Waals surface area contributed by atoms with Gasteiger partial charge >= 0.3 is 5.69 Å². The minimum absolute atomic E-state index is 0.181. The van der Waals surface area contributed by atoms with Gasteiger partial charge in [0, 0.05) is 11.6 Å². The van der Waals surface area contributed by atoms with E-state index in [9.17, 15) is 18.0 Å². The second-order valence-corrected chi connectivity index (χ2v) is 5.79. The number of rotatable bonds is 3. The van der Waals surface area contributed by atoms with E-state index in [1.165, 1.54) is 28.8 Å². The molecule has 1 heterocycles. The van der Waals surface area contributed by atoms with Crippen LogP contribution in [0.15, 0.2) is 77.6 Å². The van der Waals surface area contributed by atoms with Crippen molar-refractivity contribution in [2.75, 3.05) is 0 Å². The van der Waals surface area contributed by atoms with E-state index in [1.807, 2.05) is 0 Å². The van der Waals surface area contributed by atoms with Crippen molar-refractivity contribution in [2.24, 2.45) is 0 Å². The van der Waals surface area contributed by atoms with E-state index in [0.29, 0.717) is 17.3 Å². The molecule has 7 heteroatoms. The molecule has 4 aromatic rings. The lowest BCUT2D eigenvalue weighted by Gasteiger charge is -2.05. The number of hydrogen-bond acceptors (Lipinski definition) is 2. The highest BCUT2D eigenvalue weighted by molar-refractivity contribution is 5.58. The molecule has 27 heavy (non-hydrogen) atoms. The van der Waals surface area contributed by atoms with Crippen molar-refractivity contribution >= 4 is 0 Å². The van der Waals surface area contributed by atoms with Crippen molar-refractivity contribution < 1.29 is 13.2 Å². The van der Waals surface area contributed by atoms with Crippen LogP contribution < -0.4 is 5.69 Å². The van der Waals surface area contributed by atoms with Crippen LogP contribution in [0.25, 0.3) is 22.8 Å². The molecule has 0 radical (unpaired) electrons. The van der Waals surface area contributed by atoms with Gasteiger partial charge in [-0.2, -0.15) is 4.68 Å². The highest BCUT2D eigenvalue weighted by atomic mass is 19.1. The van der Waals surface area contributed by atoms with Gasteiger partial charge in [-0.25, -0.2) is 22.5 Å². The molecule has 3 aromatic carbocycles. The zero-order valence-electron chi connectivity index (χ0n) is 13.8. The van der Waals surface area contributed by atoms with Crippen molar-refractivity contribution in [1.29, 1.82) is 0 Å². The number of hydrogen-bond donors (Lipinski definition) is 0. The molecule has 0 amide bonds. The summed E-state index contributed by atoms with van der Waals surface area (Å²) in [7, 11) is 0. The van der Waals surface area contributed by atoms with Crippen LogP contribution in [0.2, 0.25) is 0 Å². The molecule has 0 saturated carbocycles. The van der Waals surface area contributed by atoms with Gasteiger partial charge in [-0.1, -0.05) is 30.3 Å². The van der Waals surface area contributed by atoms with Crippen LogP contribution in [0, 0.1) is 17.5 Å². The molecule has 4 rings (SSSR count). The third-order valence-electron chi connectivity index (χ3n) is 4.03. The highest BCUT2D eigenvalue weighted by Crippen LogP contribution is 2.21. The topological polar surface area (TPSA) is 39.8 Å². The van der Waals surface area contributed by atoms with Crippen LogP contribution in [0.3, 0.4) is 0 Å². The number of nitrogens with zero attached hydrogens (tertiary/aromatic N) is 3. The number of halogens is 3. The molecular weight excluding hydrogens is 355 g/mol. The predicted octanol–water partition coefficient (Wildman–Crippen LogP) is 4.11. The minimum Gasteiger partial charge on any atom is -0.245 e. The van der Waals surface area contributed by atoms with Gasteiger partial charge in [-0.05, 0) is 36.4 Å². The Bertz CT molecular complexity index is 1170. The van der Waals surface area contributed by atoms with E-state index < -0.39 is 23.1 Å². The van der Waals surface area contributed by atoms with Crippen LogP contribution in [0.5, 0.6) is 0 Å². The van der Waals surface area contributed by atoms with Crippen molar-refractivity contribution in [3.63, 3.8) is 0 Å². The molecule has 0 aliphatic heterocycles. The molecule has 0 spiro atoms. The molecule has 0 atom stereocenters. The Morgan fingerprint density at radius 3 is 2.11 bits per heavy atom. The molecule has 4 nitrogen and oxygen atoms in total. The molecule has 0 aliphatic carbocycles. The first-order chi connectivity index (χ1) is 13.0. The molecule has 134 valence electrons. The Morgan fingerprint density at radius 2 is 1.44 bits per heavy atom. The Balaban J connectivity index is 2.00. The monoisotopic (exact) mass is 367 g/mol. The normalized spacial score (nSPS) is 10.9. The first kappa shape index (κ1) is 16.8. The standard InChI is InChI=1S/C20H12F3N3O/c21-14-6-9-16(10-7-14)25-19(13-4-2-1-3-5-13)24-26(20(25)27)18-11-8-15(22)12-17(18)23/h1-12H. The van der Waals surface area contributed by atoms with Crippen molar-refractivity contribution in [3.8, 4) is 22.8 Å². The van der Waals surface area contributed by atoms with E-state index in [4.69, 9.17) is 0 Å². The first-order valence-electron chi connectivity index (χ1n) is 8.03. The van der Waals surface area contributed by atoms with Crippen molar-refractivity contribution in [2.45, 2.75) is 0 Å². The van der Waals surface area contributed by atoms with Gasteiger partial charge in [0.25, 0.3) is 0 Å². The fourth-order valence-electron chi connectivity index (χ4n) is 2.77. The Morgan fingerprint density at radius 1 is 0.778 bits per heavy atom. The zero-order valence-corrected chi connectivity index (χ0v) is 13.8. The zero-order chi connectivity index (χ0) is 19.0.